The van der Waals surface area contributed by atoms with Crippen molar-refractivity contribution in [3.8, 4) is 0 Å². The van der Waals surface area contributed by atoms with E-state index in [9.17, 15) is 8.42 Å². The molecule has 0 aromatic carbocycles. The summed E-state index contributed by atoms with van der Waals surface area (Å²) in [5.41, 5.74) is 0. The summed E-state index contributed by atoms with van der Waals surface area (Å²) < 4.78 is 23.0. The Morgan fingerprint density at radius 1 is 1.50 bits per heavy atom. The van der Waals surface area contributed by atoms with Crippen LogP contribution in [0, 0.1) is 0 Å². The molecule has 12 heavy (non-hydrogen) atoms. The van der Waals surface area contributed by atoms with Gasteiger partial charge in [-0.1, -0.05) is 0 Å². The predicted octanol–water partition coefficient (Wildman–Crippen LogP) is -1.38. The van der Waals surface area contributed by atoms with Gasteiger partial charge in [0.15, 0.2) is 0 Å². The van der Waals surface area contributed by atoms with Crippen molar-refractivity contribution in [2.24, 2.45) is 0 Å². The first-order chi connectivity index (χ1) is 5.38. The van der Waals surface area contributed by atoms with Gasteiger partial charge in [0.05, 0.1) is 19.0 Å². The van der Waals surface area contributed by atoms with Crippen molar-refractivity contribution >= 4 is 10.0 Å². The van der Waals surface area contributed by atoms with E-state index >= 15 is 0 Å². The van der Waals surface area contributed by atoms with E-state index in [-0.39, 0.29) is 19.7 Å². The van der Waals surface area contributed by atoms with Crippen molar-refractivity contribution in [3.63, 3.8) is 0 Å². The molecule has 0 aliphatic carbocycles. The Kier molecular flexibility index (Phi) is 4.69. The molecule has 0 rings (SSSR count). The summed E-state index contributed by atoms with van der Waals surface area (Å²) in [5.74, 6) is 0. The maximum atomic E-state index is 11.0. The van der Waals surface area contributed by atoms with E-state index in [2.05, 4.69) is 0 Å². The minimum absolute atomic E-state index is 0.0272. The Hall–Kier alpha value is -0.170. The van der Waals surface area contributed by atoms with Crippen molar-refractivity contribution in [1.82, 2.24) is 4.31 Å². The van der Waals surface area contributed by atoms with E-state index in [4.69, 9.17) is 10.2 Å². The van der Waals surface area contributed by atoms with Crippen LogP contribution < -0.4 is 0 Å². The van der Waals surface area contributed by atoms with Gasteiger partial charge in [0, 0.05) is 13.1 Å². The Bertz CT molecular complexity index is 212. The predicted molar refractivity (Wildman–Crippen MR) is 45.2 cm³/mol. The van der Waals surface area contributed by atoms with Crippen LogP contribution in [0.3, 0.4) is 0 Å². The molecule has 2 N–H and O–H groups in total. The molecule has 5 nitrogen and oxygen atoms in total. The maximum Gasteiger partial charge on any atom is 0.211 e. The second-order valence-electron chi connectivity index (χ2n) is 2.69. The minimum atomic E-state index is -3.31. The van der Waals surface area contributed by atoms with Crippen molar-refractivity contribution in [3.05, 3.63) is 0 Å². The molecular weight excluding hydrogens is 182 g/mol. The van der Waals surface area contributed by atoms with E-state index in [1.807, 2.05) is 0 Å². The summed E-state index contributed by atoms with van der Waals surface area (Å²) in [4.78, 5) is 0. The third kappa shape index (κ3) is 4.66. The number of rotatable bonds is 5. The van der Waals surface area contributed by atoms with Crippen molar-refractivity contribution in [2.75, 3.05) is 26.0 Å². The van der Waals surface area contributed by atoms with Crippen molar-refractivity contribution in [2.45, 2.75) is 13.0 Å². The zero-order chi connectivity index (χ0) is 9.78. The molecule has 0 aromatic heterocycles. The lowest BCUT2D eigenvalue weighted by Crippen LogP contribution is -2.37. The smallest absolute Gasteiger partial charge is 0.211 e. The van der Waals surface area contributed by atoms with Crippen molar-refractivity contribution in [1.29, 1.82) is 0 Å². The largest absolute Gasteiger partial charge is 0.395 e. The molecule has 0 aliphatic heterocycles. The minimum Gasteiger partial charge on any atom is -0.395 e. The van der Waals surface area contributed by atoms with Crippen LogP contribution in [0.25, 0.3) is 0 Å². The van der Waals surface area contributed by atoms with Gasteiger partial charge in [-0.15, -0.1) is 0 Å². The lowest BCUT2D eigenvalue weighted by Gasteiger charge is -2.19. The number of aliphatic hydroxyl groups excluding tert-OH is 2. The van der Waals surface area contributed by atoms with Gasteiger partial charge in [-0.05, 0) is 6.92 Å². The first-order valence-corrected chi connectivity index (χ1v) is 5.46. The number of aliphatic hydroxyl groups is 2. The molecule has 1 unspecified atom stereocenters. The zero-order valence-corrected chi connectivity index (χ0v) is 8.08. The lowest BCUT2D eigenvalue weighted by atomic mass is 10.4. The second-order valence-corrected chi connectivity index (χ2v) is 4.68. The van der Waals surface area contributed by atoms with E-state index in [1.165, 1.54) is 6.92 Å². The molecule has 0 saturated heterocycles. The fraction of sp³-hybridized carbons (Fsp3) is 1.00. The molecule has 1 atom stereocenters. The molecule has 0 fully saturated rings. The number of hydrogen-bond donors (Lipinski definition) is 2. The van der Waals surface area contributed by atoms with Gasteiger partial charge in [0.2, 0.25) is 10.0 Å². The van der Waals surface area contributed by atoms with Gasteiger partial charge in [-0.25, -0.2) is 8.42 Å². The Labute approximate surface area is 72.7 Å². The van der Waals surface area contributed by atoms with E-state index < -0.39 is 16.1 Å². The number of hydrogen-bond acceptors (Lipinski definition) is 4. The fourth-order valence-electron chi connectivity index (χ4n) is 0.799. The van der Waals surface area contributed by atoms with Gasteiger partial charge in [0.25, 0.3) is 0 Å². The summed E-state index contributed by atoms with van der Waals surface area (Å²) >= 11 is 0. The highest BCUT2D eigenvalue weighted by Gasteiger charge is 2.17. The highest BCUT2D eigenvalue weighted by Crippen LogP contribution is 1.98. The molecule has 0 radical (unpaired) electrons. The van der Waals surface area contributed by atoms with Gasteiger partial charge >= 0.3 is 0 Å². The molecule has 0 aromatic rings. The third-order valence-corrected chi connectivity index (χ3v) is 2.56. The summed E-state index contributed by atoms with van der Waals surface area (Å²) in [6.45, 7) is 1.32. The second kappa shape index (κ2) is 4.76. The summed E-state index contributed by atoms with van der Waals surface area (Å²) in [5, 5.41) is 17.5. The fourth-order valence-corrected chi connectivity index (χ4v) is 1.70. The Balaban J connectivity index is 4.24. The third-order valence-electron chi connectivity index (χ3n) is 1.29. The monoisotopic (exact) mass is 197 g/mol. The molecule has 6 heteroatoms. The molecular formula is C6H15NO4S. The van der Waals surface area contributed by atoms with Crippen LogP contribution in [0.2, 0.25) is 0 Å². The first-order valence-electron chi connectivity index (χ1n) is 3.62. The highest BCUT2D eigenvalue weighted by molar-refractivity contribution is 7.88. The molecule has 0 aliphatic rings. The van der Waals surface area contributed by atoms with Crippen LogP contribution in [-0.2, 0) is 10.0 Å². The van der Waals surface area contributed by atoms with Gasteiger partial charge in [-0.2, -0.15) is 4.31 Å². The normalized spacial score (nSPS) is 15.1. The standard InChI is InChI=1S/C6H15NO4S/c1-6(9)5-7(3-4-8)12(2,10)11/h6,8-9H,3-5H2,1-2H3. The molecule has 0 amide bonds. The SMILES string of the molecule is CC(O)CN(CCO)S(C)(=O)=O. The number of nitrogens with zero attached hydrogens (tertiary/aromatic N) is 1. The van der Waals surface area contributed by atoms with E-state index in [0.29, 0.717) is 0 Å². The molecule has 0 spiro atoms. The van der Waals surface area contributed by atoms with Crippen LogP contribution in [0.5, 0.6) is 0 Å². The zero-order valence-electron chi connectivity index (χ0n) is 7.27. The average Bonchev–Trinajstić information content (AvgIpc) is 1.83. The quantitative estimate of drug-likeness (QED) is 0.569. The van der Waals surface area contributed by atoms with Crippen LogP contribution in [-0.4, -0.2) is 55.0 Å². The first kappa shape index (κ1) is 11.8. The maximum absolute atomic E-state index is 11.0. The Morgan fingerprint density at radius 2 is 2.00 bits per heavy atom. The van der Waals surface area contributed by atoms with Crippen molar-refractivity contribution < 1.29 is 18.6 Å². The average molecular weight is 197 g/mol. The van der Waals surface area contributed by atoms with Gasteiger partial charge in [0.1, 0.15) is 0 Å². The lowest BCUT2D eigenvalue weighted by molar-refractivity contribution is 0.153. The summed E-state index contributed by atoms with van der Waals surface area (Å²) in [7, 11) is -3.31. The van der Waals surface area contributed by atoms with E-state index in [1.54, 1.807) is 0 Å². The topological polar surface area (TPSA) is 77.8 Å². The number of sulfonamides is 1. The van der Waals surface area contributed by atoms with Crippen LogP contribution >= 0.6 is 0 Å². The van der Waals surface area contributed by atoms with Crippen LogP contribution in [0.4, 0.5) is 0 Å². The van der Waals surface area contributed by atoms with Gasteiger partial charge in [-0.3, -0.25) is 0 Å². The molecule has 0 bridgehead atoms. The summed E-state index contributed by atoms with van der Waals surface area (Å²) in [6, 6.07) is 0. The highest BCUT2D eigenvalue weighted by atomic mass is 32.2. The molecule has 74 valence electrons. The van der Waals surface area contributed by atoms with Gasteiger partial charge < -0.3 is 10.2 Å². The summed E-state index contributed by atoms with van der Waals surface area (Å²) in [6.07, 6.45) is 0.330. The van der Waals surface area contributed by atoms with E-state index in [0.717, 1.165) is 10.6 Å². The molecule has 0 saturated carbocycles. The van der Waals surface area contributed by atoms with Crippen LogP contribution in [0.1, 0.15) is 6.92 Å². The van der Waals surface area contributed by atoms with Crippen LogP contribution in [0.15, 0.2) is 0 Å². The molecule has 0 heterocycles. The Morgan fingerprint density at radius 3 is 2.25 bits per heavy atom.